The second kappa shape index (κ2) is 6.90. The number of nitrogens with one attached hydrogen (secondary N) is 1. The molecule has 2 aliphatic heterocycles. The van der Waals surface area contributed by atoms with Gasteiger partial charge in [-0.1, -0.05) is 6.92 Å². The highest BCUT2D eigenvalue weighted by molar-refractivity contribution is 7.91. The molecule has 0 aromatic heterocycles. The Morgan fingerprint density at radius 1 is 1.37 bits per heavy atom. The Labute approximate surface area is 121 Å². The summed E-state index contributed by atoms with van der Waals surface area (Å²) >= 11 is 0. The maximum Gasteiger partial charge on any atom is 0.227 e. The van der Waals surface area contributed by atoms with Crippen LogP contribution in [0.4, 0.5) is 0 Å². The summed E-state index contributed by atoms with van der Waals surface area (Å²) in [7, 11) is -2.93. The molecule has 0 saturated carbocycles. The summed E-state index contributed by atoms with van der Waals surface area (Å²) in [5.74, 6) is 0.566. The van der Waals surface area contributed by atoms with Crippen molar-refractivity contribution < 1.29 is 13.2 Å². The highest BCUT2D eigenvalue weighted by Crippen LogP contribution is 2.22. The molecule has 7 heteroatoms. The molecule has 1 N–H and O–H groups in total. The molecule has 2 fully saturated rings. The summed E-state index contributed by atoms with van der Waals surface area (Å²) in [5, 5.41) is 3.19. The van der Waals surface area contributed by atoms with Crippen LogP contribution in [0.1, 0.15) is 26.2 Å². The second-order valence-corrected chi connectivity index (χ2v) is 7.51. The molecule has 2 heterocycles. The van der Waals surface area contributed by atoms with E-state index in [-0.39, 0.29) is 41.8 Å². The molecular formula is C12H23ClN2O3S. The number of hydrogen-bond acceptors (Lipinski definition) is 4. The summed E-state index contributed by atoms with van der Waals surface area (Å²) in [6.07, 6.45) is 2.36. The largest absolute Gasteiger partial charge is 0.338 e. The summed E-state index contributed by atoms with van der Waals surface area (Å²) in [4.78, 5) is 14.2. The molecular weight excluding hydrogens is 288 g/mol. The predicted molar refractivity (Wildman–Crippen MR) is 77.3 cm³/mol. The minimum absolute atomic E-state index is 0. The van der Waals surface area contributed by atoms with Gasteiger partial charge in [0.2, 0.25) is 5.91 Å². The SMILES string of the molecule is CCCN(C(=O)C1CCNC1)C1CCS(=O)(=O)C1.Cl. The Kier molecular flexibility index (Phi) is 6.08. The zero-order valence-corrected chi connectivity index (χ0v) is 12.9. The van der Waals surface area contributed by atoms with Crippen LogP contribution in [-0.2, 0) is 14.6 Å². The summed E-state index contributed by atoms with van der Waals surface area (Å²) in [6, 6.07) is -0.0944. The summed E-state index contributed by atoms with van der Waals surface area (Å²) in [5.41, 5.74) is 0. The van der Waals surface area contributed by atoms with E-state index < -0.39 is 9.84 Å². The summed E-state index contributed by atoms with van der Waals surface area (Å²) < 4.78 is 23.1. The first kappa shape index (κ1) is 16.7. The lowest BCUT2D eigenvalue weighted by Crippen LogP contribution is -2.45. The van der Waals surface area contributed by atoms with Crippen molar-refractivity contribution >= 4 is 28.2 Å². The van der Waals surface area contributed by atoms with Crippen LogP contribution in [-0.4, -0.2) is 56.4 Å². The number of halogens is 1. The average Bonchev–Trinajstić information content (AvgIpc) is 2.94. The van der Waals surface area contributed by atoms with Gasteiger partial charge in [0.05, 0.1) is 17.4 Å². The molecule has 19 heavy (non-hydrogen) atoms. The van der Waals surface area contributed by atoms with Crippen LogP contribution in [0, 0.1) is 5.92 Å². The van der Waals surface area contributed by atoms with E-state index in [9.17, 15) is 13.2 Å². The molecule has 2 saturated heterocycles. The zero-order valence-electron chi connectivity index (χ0n) is 11.3. The number of nitrogens with zero attached hydrogens (tertiary/aromatic N) is 1. The van der Waals surface area contributed by atoms with Gasteiger partial charge in [-0.05, 0) is 25.8 Å². The van der Waals surface area contributed by atoms with Crippen molar-refractivity contribution in [3.8, 4) is 0 Å². The minimum atomic E-state index is -2.93. The van der Waals surface area contributed by atoms with Gasteiger partial charge >= 0.3 is 0 Å². The predicted octanol–water partition coefficient (Wildman–Crippen LogP) is 0.443. The second-order valence-electron chi connectivity index (χ2n) is 5.28. The van der Waals surface area contributed by atoms with Crippen LogP contribution >= 0.6 is 12.4 Å². The van der Waals surface area contributed by atoms with Crippen molar-refractivity contribution in [1.82, 2.24) is 10.2 Å². The van der Waals surface area contributed by atoms with Gasteiger partial charge in [-0.15, -0.1) is 12.4 Å². The third kappa shape index (κ3) is 4.07. The Morgan fingerprint density at radius 3 is 2.58 bits per heavy atom. The maximum absolute atomic E-state index is 12.4. The standard InChI is InChI=1S/C12H22N2O3S.ClH/c1-2-6-14(11-4-7-18(16,17)9-11)12(15)10-3-5-13-8-10;/h10-11,13H,2-9H2,1H3;1H. The third-order valence-corrected chi connectivity index (χ3v) is 5.56. The van der Waals surface area contributed by atoms with Gasteiger partial charge in [-0.2, -0.15) is 0 Å². The molecule has 0 aromatic rings. The van der Waals surface area contributed by atoms with Crippen molar-refractivity contribution in [2.45, 2.75) is 32.2 Å². The zero-order chi connectivity index (χ0) is 13.2. The number of sulfone groups is 1. The third-order valence-electron chi connectivity index (χ3n) is 3.81. The fraction of sp³-hybridized carbons (Fsp3) is 0.917. The Hall–Kier alpha value is -0.330. The molecule has 5 nitrogen and oxygen atoms in total. The molecule has 0 aromatic carbocycles. The lowest BCUT2D eigenvalue weighted by molar-refractivity contribution is -0.136. The fourth-order valence-corrected chi connectivity index (χ4v) is 4.57. The van der Waals surface area contributed by atoms with Gasteiger partial charge in [-0.3, -0.25) is 4.79 Å². The van der Waals surface area contributed by atoms with Gasteiger partial charge in [0.1, 0.15) is 0 Å². The highest BCUT2D eigenvalue weighted by atomic mass is 35.5. The van der Waals surface area contributed by atoms with E-state index in [2.05, 4.69) is 5.32 Å². The lowest BCUT2D eigenvalue weighted by Gasteiger charge is -2.30. The molecule has 2 unspecified atom stereocenters. The first-order chi connectivity index (χ1) is 8.53. The molecule has 112 valence electrons. The number of hydrogen-bond donors (Lipinski definition) is 1. The molecule has 0 aliphatic carbocycles. The quantitative estimate of drug-likeness (QED) is 0.818. The van der Waals surface area contributed by atoms with Crippen molar-refractivity contribution in [2.75, 3.05) is 31.1 Å². The number of amides is 1. The van der Waals surface area contributed by atoms with E-state index in [0.29, 0.717) is 13.0 Å². The van der Waals surface area contributed by atoms with Crippen LogP contribution < -0.4 is 5.32 Å². The number of carbonyl (C=O) groups is 1. The first-order valence-electron chi connectivity index (χ1n) is 6.75. The van der Waals surface area contributed by atoms with E-state index in [1.165, 1.54) is 0 Å². The monoisotopic (exact) mass is 310 g/mol. The van der Waals surface area contributed by atoms with E-state index >= 15 is 0 Å². The maximum atomic E-state index is 12.4. The van der Waals surface area contributed by atoms with Crippen molar-refractivity contribution in [3.05, 3.63) is 0 Å². The summed E-state index contributed by atoms with van der Waals surface area (Å²) in [6.45, 7) is 4.32. The molecule has 0 spiro atoms. The molecule has 0 radical (unpaired) electrons. The Morgan fingerprint density at radius 2 is 2.11 bits per heavy atom. The van der Waals surface area contributed by atoms with Crippen molar-refractivity contribution in [3.63, 3.8) is 0 Å². The molecule has 0 bridgehead atoms. The molecule has 2 rings (SSSR count). The van der Waals surface area contributed by atoms with E-state index in [1.807, 2.05) is 11.8 Å². The highest BCUT2D eigenvalue weighted by Gasteiger charge is 2.37. The van der Waals surface area contributed by atoms with Gasteiger partial charge in [-0.25, -0.2) is 8.42 Å². The van der Waals surface area contributed by atoms with Gasteiger partial charge in [0, 0.05) is 19.1 Å². The van der Waals surface area contributed by atoms with E-state index in [1.54, 1.807) is 0 Å². The normalized spacial score (nSPS) is 28.9. The van der Waals surface area contributed by atoms with E-state index in [4.69, 9.17) is 0 Å². The van der Waals surface area contributed by atoms with Gasteiger partial charge in [0.25, 0.3) is 0 Å². The molecule has 1 amide bonds. The molecule has 2 atom stereocenters. The van der Waals surface area contributed by atoms with Crippen LogP contribution in [0.5, 0.6) is 0 Å². The minimum Gasteiger partial charge on any atom is -0.338 e. The van der Waals surface area contributed by atoms with E-state index in [0.717, 1.165) is 25.9 Å². The molecule has 2 aliphatic rings. The van der Waals surface area contributed by atoms with Crippen LogP contribution in [0.3, 0.4) is 0 Å². The first-order valence-corrected chi connectivity index (χ1v) is 8.57. The van der Waals surface area contributed by atoms with Crippen molar-refractivity contribution in [1.29, 1.82) is 0 Å². The van der Waals surface area contributed by atoms with Gasteiger partial charge < -0.3 is 10.2 Å². The van der Waals surface area contributed by atoms with Crippen LogP contribution in [0.25, 0.3) is 0 Å². The van der Waals surface area contributed by atoms with Crippen LogP contribution in [0.2, 0.25) is 0 Å². The Bertz CT molecular complexity index is 407. The number of carbonyl (C=O) groups excluding carboxylic acids is 1. The smallest absolute Gasteiger partial charge is 0.227 e. The Balaban J connectivity index is 0.00000180. The fourth-order valence-electron chi connectivity index (χ4n) is 2.83. The van der Waals surface area contributed by atoms with Crippen LogP contribution in [0.15, 0.2) is 0 Å². The van der Waals surface area contributed by atoms with Crippen molar-refractivity contribution in [2.24, 2.45) is 5.92 Å². The number of rotatable bonds is 4. The topological polar surface area (TPSA) is 66.5 Å². The lowest BCUT2D eigenvalue weighted by atomic mass is 10.1. The average molecular weight is 311 g/mol. The van der Waals surface area contributed by atoms with Gasteiger partial charge in [0.15, 0.2) is 9.84 Å².